The number of amides is 1. The van der Waals surface area contributed by atoms with E-state index < -0.39 is 12.1 Å². The van der Waals surface area contributed by atoms with Crippen molar-refractivity contribution in [3.8, 4) is 0 Å². The second-order valence-corrected chi connectivity index (χ2v) is 6.79. The summed E-state index contributed by atoms with van der Waals surface area (Å²) in [6, 6.07) is 19.0. The van der Waals surface area contributed by atoms with E-state index in [1.54, 1.807) is 0 Å². The van der Waals surface area contributed by atoms with Crippen LogP contribution in [0.2, 0.25) is 0 Å². The number of aliphatic hydroxyl groups excluding tert-OH is 1. The van der Waals surface area contributed by atoms with Gasteiger partial charge in [-0.2, -0.15) is 0 Å². The van der Waals surface area contributed by atoms with Crippen molar-refractivity contribution in [2.45, 2.75) is 43.9 Å². The molecule has 4 heteroatoms. The second-order valence-electron chi connectivity index (χ2n) is 6.79. The first-order chi connectivity index (χ1) is 12.1. The summed E-state index contributed by atoms with van der Waals surface area (Å²) in [5.74, 6) is -0.00776. The fourth-order valence-electron chi connectivity index (χ4n) is 3.61. The van der Waals surface area contributed by atoms with E-state index in [1.165, 1.54) is 0 Å². The molecule has 1 amide bonds. The van der Waals surface area contributed by atoms with Gasteiger partial charge < -0.3 is 15.7 Å². The molecule has 2 unspecified atom stereocenters. The molecule has 3 rings (SSSR count). The summed E-state index contributed by atoms with van der Waals surface area (Å²) in [6.07, 6.45) is 2.45. The highest BCUT2D eigenvalue weighted by Gasteiger charge is 2.33. The third kappa shape index (κ3) is 4.47. The van der Waals surface area contributed by atoms with Gasteiger partial charge in [-0.15, -0.1) is 0 Å². The van der Waals surface area contributed by atoms with Crippen LogP contribution in [0.1, 0.15) is 36.5 Å². The third-order valence-electron chi connectivity index (χ3n) is 4.96. The Balaban J connectivity index is 1.61. The number of carbonyl (C=O) groups excluding carboxylic acids is 1. The first kappa shape index (κ1) is 17.6. The van der Waals surface area contributed by atoms with E-state index >= 15 is 0 Å². The van der Waals surface area contributed by atoms with Gasteiger partial charge in [-0.05, 0) is 36.8 Å². The highest BCUT2D eigenvalue weighted by Crippen LogP contribution is 2.28. The molecular weight excluding hydrogens is 312 g/mol. The molecule has 3 atom stereocenters. The summed E-state index contributed by atoms with van der Waals surface area (Å²) < 4.78 is 0. The minimum Gasteiger partial charge on any atom is -0.388 e. The molecule has 2 aromatic rings. The molecule has 1 aliphatic rings. The maximum atomic E-state index is 12.8. The van der Waals surface area contributed by atoms with Gasteiger partial charge in [0, 0.05) is 12.6 Å². The van der Waals surface area contributed by atoms with Crippen LogP contribution in [0.5, 0.6) is 0 Å². The second kappa shape index (κ2) is 8.28. The van der Waals surface area contributed by atoms with Crippen molar-refractivity contribution >= 4 is 5.91 Å². The Hall–Kier alpha value is -2.17. The average Bonchev–Trinajstić information content (AvgIpc) is 3.10. The highest BCUT2D eigenvalue weighted by atomic mass is 16.3. The van der Waals surface area contributed by atoms with Crippen molar-refractivity contribution in [2.24, 2.45) is 5.73 Å². The van der Waals surface area contributed by atoms with E-state index in [9.17, 15) is 9.90 Å². The van der Waals surface area contributed by atoms with Gasteiger partial charge in [0.15, 0.2) is 0 Å². The molecule has 132 valence electrons. The summed E-state index contributed by atoms with van der Waals surface area (Å²) in [5.41, 5.74) is 8.15. The topological polar surface area (TPSA) is 66.6 Å². The van der Waals surface area contributed by atoms with Gasteiger partial charge >= 0.3 is 0 Å². The molecule has 0 spiro atoms. The third-order valence-corrected chi connectivity index (χ3v) is 4.96. The maximum absolute atomic E-state index is 12.8. The van der Waals surface area contributed by atoms with Gasteiger partial charge in [0.25, 0.3) is 0 Å². The summed E-state index contributed by atoms with van der Waals surface area (Å²) in [5, 5.41) is 10.5. The van der Waals surface area contributed by atoms with Gasteiger partial charge in [-0.1, -0.05) is 60.7 Å². The van der Waals surface area contributed by atoms with Crippen LogP contribution in [-0.2, 0) is 11.2 Å². The largest absolute Gasteiger partial charge is 0.388 e. The molecule has 25 heavy (non-hydrogen) atoms. The Morgan fingerprint density at radius 3 is 2.44 bits per heavy atom. The molecule has 2 aromatic carbocycles. The molecule has 1 saturated heterocycles. The van der Waals surface area contributed by atoms with E-state index in [-0.39, 0.29) is 11.9 Å². The Morgan fingerprint density at radius 2 is 1.76 bits per heavy atom. The molecule has 1 aliphatic heterocycles. The van der Waals surface area contributed by atoms with Crippen molar-refractivity contribution in [1.29, 1.82) is 0 Å². The van der Waals surface area contributed by atoms with Crippen molar-refractivity contribution in [3.63, 3.8) is 0 Å². The number of hydrogen-bond acceptors (Lipinski definition) is 3. The van der Waals surface area contributed by atoms with Crippen LogP contribution in [0.15, 0.2) is 60.7 Å². The van der Waals surface area contributed by atoms with Crippen LogP contribution in [0.25, 0.3) is 0 Å². The summed E-state index contributed by atoms with van der Waals surface area (Å²) in [4.78, 5) is 14.7. The fraction of sp³-hybridized carbons (Fsp3) is 0.381. The quantitative estimate of drug-likeness (QED) is 0.851. The number of benzene rings is 2. The summed E-state index contributed by atoms with van der Waals surface area (Å²) in [6.45, 7) is 0.730. The van der Waals surface area contributed by atoms with E-state index in [2.05, 4.69) is 0 Å². The van der Waals surface area contributed by atoms with Crippen molar-refractivity contribution < 1.29 is 9.90 Å². The number of aliphatic hydroxyl groups is 1. The van der Waals surface area contributed by atoms with Crippen molar-refractivity contribution in [1.82, 2.24) is 4.90 Å². The van der Waals surface area contributed by atoms with Gasteiger partial charge in [0.2, 0.25) is 5.91 Å². The lowest BCUT2D eigenvalue weighted by molar-refractivity contribution is -0.133. The molecule has 0 aliphatic carbocycles. The predicted octanol–water partition coefficient (Wildman–Crippen LogP) is 2.67. The van der Waals surface area contributed by atoms with Crippen molar-refractivity contribution in [3.05, 3.63) is 71.8 Å². The molecule has 0 saturated carbocycles. The lowest BCUT2D eigenvalue weighted by atomic mass is 9.99. The monoisotopic (exact) mass is 338 g/mol. The zero-order valence-corrected chi connectivity index (χ0v) is 14.4. The van der Waals surface area contributed by atoms with Crippen LogP contribution >= 0.6 is 0 Å². The first-order valence-corrected chi connectivity index (χ1v) is 8.98. The maximum Gasteiger partial charge on any atom is 0.240 e. The Labute approximate surface area is 149 Å². The Kier molecular flexibility index (Phi) is 5.84. The molecule has 4 nitrogen and oxygen atoms in total. The minimum absolute atomic E-state index is 0.00776. The van der Waals surface area contributed by atoms with E-state index in [0.717, 1.165) is 30.5 Å². The van der Waals surface area contributed by atoms with Gasteiger partial charge in [0.05, 0.1) is 12.1 Å². The molecule has 1 heterocycles. The van der Waals surface area contributed by atoms with Crippen LogP contribution in [0.4, 0.5) is 0 Å². The summed E-state index contributed by atoms with van der Waals surface area (Å²) >= 11 is 0. The fourth-order valence-corrected chi connectivity index (χ4v) is 3.61. The van der Waals surface area contributed by atoms with Crippen LogP contribution in [-0.4, -0.2) is 34.5 Å². The lowest BCUT2D eigenvalue weighted by Gasteiger charge is -2.29. The highest BCUT2D eigenvalue weighted by molar-refractivity contribution is 5.82. The molecule has 0 aromatic heterocycles. The van der Waals surface area contributed by atoms with Crippen LogP contribution in [0.3, 0.4) is 0 Å². The lowest BCUT2D eigenvalue weighted by Crippen LogP contribution is -2.47. The number of nitrogens with zero attached hydrogens (tertiary/aromatic N) is 1. The number of nitrogens with two attached hydrogens (primary N) is 1. The minimum atomic E-state index is -0.551. The van der Waals surface area contributed by atoms with Gasteiger partial charge in [-0.25, -0.2) is 0 Å². The normalized spacial score (nSPS) is 19.6. The van der Waals surface area contributed by atoms with Crippen LogP contribution < -0.4 is 5.73 Å². The standard InChI is InChI=1S/C21H26N2O2/c22-19(14-16-8-3-1-4-9-16)21(25)23-13-7-12-18(23)15-20(24)17-10-5-2-6-11-17/h1-6,8-11,18-20,24H,7,12-15,22H2/t18?,19-,20?/m0/s1. The molecular formula is C21H26N2O2. The number of rotatable bonds is 6. The van der Waals surface area contributed by atoms with Crippen LogP contribution in [0, 0.1) is 0 Å². The molecule has 3 N–H and O–H groups in total. The summed E-state index contributed by atoms with van der Waals surface area (Å²) in [7, 11) is 0. The number of hydrogen-bond donors (Lipinski definition) is 2. The van der Waals surface area contributed by atoms with Gasteiger partial charge in [0.1, 0.15) is 0 Å². The predicted molar refractivity (Wildman–Crippen MR) is 98.9 cm³/mol. The Morgan fingerprint density at radius 1 is 1.12 bits per heavy atom. The van der Waals surface area contributed by atoms with E-state index in [4.69, 9.17) is 5.73 Å². The molecule has 1 fully saturated rings. The van der Waals surface area contributed by atoms with E-state index in [0.29, 0.717) is 12.8 Å². The smallest absolute Gasteiger partial charge is 0.240 e. The first-order valence-electron chi connectivity index (χ1n) is 8.98. The van der Waals surface area contributed by atoms with E-state index in [1.807, 2.05) is 65.6 Å². The number of carbonyl (C=O) groups is 1. The zero-order chi connectivity index (χ0) is 17.6. The Bertz CT molecular complexity index is 675. The average molecular weight is 338 g/mol. The SMILES string of the molecule is N[C@@H](Cc1ccccc1)C(=O)N1CCCC1CC(O)c1ccccc1. The molecule has 0 radical (unpaired) electrons. The zero-order valence-electron chi connectivity index (χ0n) is 14.4. The van der Waals surface area contributed by atoms with Crippen molar-refractivity contribution in [2.75, 3.05) is 6.54 Å². The number of likely N-dealkylation sites (tertiary alicyclic amines) is 1. The van der Waals surface area contributed by atoms with Gasteiger partial charge in [-0.3, -0.25) is 4.79 Å². The molecule has 0 bridgehead atoms.